The molecule has 1 aromatic carbocycles. The third-order valence-corrected chi connectivity index (χ3v) is 4.86. The third-order valence-electron chi connectivity index (χ3n) is 3.88. The zero-order valence-electron chi connectivity index (χ0n) is 15.0. The van der Waals surface area contributed by atoms with Crippen molar-refractivity contribution in [1.82, 2.24) is 14.8 Å². The van der Waals surface area contributed by atoms with Crippen molar-refractivity contribution >= 4 is 40.8 Å². The lowest BCUT2D eigenvalue weighted by molar-refractivity contribution is 0.260. The zero-order valence-corrected chi connectivity index (χ0v) is 16.5. The molecule has 0 amide bonds. The monoisotopic (exact) mass is 409 g/mol. The molecule has 0 aliphatic carbocycles. The number of nitrogens with zero attached hydrogens (tertiary/aromatic N) is 4. The van der Waals surface area contributed by atoms with Crippen molar-refractivity contribution in [3.63, 3.8) is 0 Å². The summed E-state index contributed by atoms with van der Waals surface area (Å²) < 4.78 is 1.21. The summed E-state index contributed by atoms with van der Waals surface area (Å²) in [6.07, 6.45) is 8.08. The quantitative estimate of drug-likeness (QED) is 0.388. The van der Waals surface area contributed by atoms with Crippen molar-refractivity contribution in [3.05, 3.63) is 53.2 Å². The summed E-state index contributed by atoms with van der Waals surface area (Å²) in [7, 11) is 0. The van der Waals surface area contributed by atoms with E-state index in [1.165, 1.54) is 4.68 Å². The first-order valence-corrected chi connectivity index (χ1v) is 9.59. The van der Waals surface area contributed by atoms with Crippen LogP contribution in [0, 0.1) is 19.3 Å². The molecule has 0 radical (unpaired) electrons. The van der Waals surface area contributed by atoms with Crippen LogP contribution in [0.25, 0.3) is 22.5 Å². The molecule has 0 bridgehead atoms. The number of benzene rings is 1. The summed E-state index contributed by atoms with van der Waals surface area (Å²) in [6.45, 7) is 1.92. The molecule has 0 spiro atoms. The van der Waals surface area contributed by atoms with Crippen LogP contribution in [-0.2, 0) is 0 Å². The minimum absolute atomic E-state index is 0.221. The fourth-order valence-electron chi connectivity index (χ4n) is 2.67. The average Bonchev–Trinajstić information content (AvgIpc) is 3.06. The molecule has 28 heavy (non-hydrogen) atoms. The Bertz CT molecular complexity index is 1080. The lowest BCUT2D eigenvalue weighted by atomic mass is 10.0. The Balaban J connectivity index is 2.31. The molecule has 0 unspecified atom stereocenters. The smallest absolute Gasteiger partial charge is 0.308 e. The fraction of sp³-hybridized carbons (Fsp3) is 0.100. The predicted octanol–water partition coefficient (Wildman–Crippen LogP) is 4.53. The van der Waals surface area contributed by atoms with Crippen molar-refractivity contribution in [2.24, 2.45) is 10.7 Å². The number of carbonyl (C=O) groups is 1. The lowest BCUT2D eigenvalue weighted by Crippen LogP contribution is -2.08. The molecule has 3 rings (SSSR count). The van der Waals surface area contributed by atoms with Crippen LogP contribution in [0.1, 0.15) is 5.56 Å². The maximum Gasteiger partial charge on any atom is 0.308 e. The first-order chi connectivity index (χ1) is 13.6. The van der Waals surface area contributed by atoms with Gasteiger partial charge in [0.25, 0.3) is 0 Å². The van der Waals surface area contributed by atoms with Gasteiger partial charge >= 0.3 is 5.24 Å². The molecule has 0 saturated carbocycles. The maximum absolute atomic E-state index is 12.7. The normalized spacial score (nSPS) is 10.9. The Morgan fingerprint density at radius 1 is 1.36 bits per heavy atom. The number of halogens is 1. The molecule has 8 heteroatoms. The average molecular weight is 410 g/mol. The second kappa shape index (κ2) is 8.74. The van der Waals surface area contributed by atoms with Gasteiger partial charge in [-0.2, -0.15) is 9.78 Å². The molecule has 140 valence electrons. The molecule has 3 aromatic rings. The van der Waals surface area contributed by atoms with Gasteiger partial charge in [0.15, 0.2) is 5.82 Å². The highest BCUT2D eigenvalue weighted by molar-refractivity contribution is 8.13. The van der Waals surface area contributed by atoms with Gasteiger partial charge in [-0.25, -0.2) is 4.99 Å². The van der Waals surface area contributed by atoms with Gasteiger partial charge in [0.1, 0.15) is 5.69 Å². The minimum Gasteiger partial charge on any atom is -0.390 e. The standard InChI is InChI=1S/C20H16ClN5OS/c1-3-11-28-20(27)26-19(24-12-22)16(14-6-8-15(21)9-7-14)18(25-26)17-13(2)5-4-10-23-17/h1,4-10,12H,11H2,2H3,(H2,22,24). The first kappa shape index (κ1) is 19.7. The van der Waals surface area contributed by atoms with Crippen LogP contribution in [0.3, 0.4) is 0 Å². The maximum atomic E-state index is 12.7. The van der Waals surface area contributed by atoms with E-state index in [2.05, 4.69) is 21.0 Å². The van der Waals surface area contributed by atoms with Gasteiger partial charge in [-0.15, -0.1) is 6.42 Å². The van der Waals surface area contributed by atoms with E-state index in [1.54, 1.807) is 18.3 Å². The van der Waals surface area contributed by atoms with Gasteiger partial charge in [0, 0.05) is 11.2 Å². The molecule has 2 heterocycles. The molecule has 2 N–H and O–H groups in total. The second-order valence-electron chi connectivity index (χ2n) is 5.67. The SMILES string of the molecule is C#CCSC(=O)n1nc(-c2ncccc2C)c(-c2ccc(Cl)cc2)c1/N=C\N. The minimum atomic E-state index is -0.353. The van der Waals surface area contributed by atoms with Gasteiger partial charge in [-0.05, 0) is 48.0 Å². The highest BCUT2D eigenvalue weighted by Crippen LogP contribution is 2.40. The van der Waals surface area contributed by atoms with Crippen LogP contribution in [0.15, 0.2) is 47.6 Å². The van der Waals surface area contributed by atoms with Gasteiger partial charge < -0.3 is 5.73 Å². The summed E-state index contributed by atoms with van der Waals surface area (Å²) in [5.41, 5.74) is 9.06. The van der Waals surface area contributed by atoms with Gasteiger partial charge in [-0.1, -0.05) is 35.7 Å². The Morgan fingerprint density at radius 2 is 2.11 bits per heavy atom. The Labute approximate surface area is 171 Å². The van der Waals surface area contributed by atoms with E-state index >= 15 is 0 Å². The van der Waals surface area contributed by atoms with Crippen LogP contribution >= 0.6 is 23.4 Å². The van der Waals surface area contributed by atoms with Crippen LogP contribution in [0.5, 0.6) is 0 Å². The molecular formula is C20H16ClN5OS. The van der Waals surface area contributed by atoms with E-state index in [0.717, 1.165) is 29.2 Å². The number of aryl methyl sites for hydroxylation is 1. The number of hydrogen-bond donors (Lipinski definition) is 1. The summed E-state index contributed by atoms with van der Waals surface area (Å²) in [5, 5.41) is 4.76. The summed E-state index contributed by atoms with van der Waals surface area (Å²) in [6, 6.07) is 10.9. The summed E-state index contributed by atoms with van der Waals surface area (Å²) in [4.78, 5) is 21.3. The van der Waals surface area contributed by atoms with E-state index in [0.29, 0.717) is 27.8 Å². The molecule has 0 atom stereocenters. The second-order valence-corrected chi connectivity index (χ2v) is 7.03. The van der Waals surface area contributed by atoms with Crippen LogP contribution in [0.2, 0.25) is 5.02 Å². The van der Waals surface area contributed by atoms with Crippen molar-refractivity contribution in [2.45, 2.75) is 6.92 Å². The van der Waals surface area contributed by atoms with Crippen molar-refractivity contribution in [2.75, 3.05) is 5.75 Å². The molecule has 6 nitrogen and oxygen atoms in total. The number of terminal acetylenes is 1. The van der Waals surface area contributed by atoms with Crippen LogP contribution < -0.4 is 5.73 Å². The number of aromatic nitrogens is 3. The molecule has 0 fully saturated rings. The molecular weight excluding hydrogens is 394 g/mol. The van der Waals surface area contributed by atoms with Gasteiger partial charge in [-0.3, -0.25) is 9.78 Å². The number of carbonyl (C=O) groups excluding carboxylic acids is 1. The predicted molar refractivity (Wildman–Crippen MR) is 115 cm³/mol. The van der Waals surface area contributed by atoms with Gasteiger partial charge in [0.05, 0.1) is 23.3 Å². The Morgan fingerprint density at radius 3 is 2.75 bits per heavy atom. The lowest BCUT2D eigenvalue weighted by Gasteiger charge is -2.06. The Kier molecular flexibility index (Phi) is 6.14. The third kappa shape index (κ3) is 3.93. The number of aliphatic imine (C=N–C) groups is 1. The van der Waals surface area contributed by atoms with E-state index in [9.17, 15) is 4.79 Å². The topological polar surface area (TPSA) is 86.2 Å². The van der Waals surface area contributed by atoms with Crippen molar-refractivity contribution in [1.29, 1.82) is 0 Å². The molecule has 0 aliphatic rings. The van der Waals surface area contributed by atoms with Crippen LogP contribution in [0.4, 0.5) is 10.6 Å². The summed E-state index contributed by atoms with van der Waals surface area (Å²) >= 11 is 6.99. The van der Waals surface area contributed by atoms with E-state index in [1.807, 2.05) is 31.2 Å². The van der Waals surface area contributed by atoms with E-state index in [-0.39, 0.29) is 11.0 Å². The largest absolute Gasteiger partial charge is 0.390 e. The van der Waals surface area contributed by atoms with E-state index in [4.69, 9.17) is 23.8 Å². The van der Waals surface area contributed by atoms with Crippen LogP contribution in [-0.4, -0.2) is 32.1 Å². The van der Waals surface area contributed by atoms with Crippen molar-refractivity contribution in [3.8, 4) is 34.9 Å². The molecule has 2 aromatic heterocycles. The van der Waals surface area contributed by atoms with Crippen molar-refractivity contribution < 1.29 is 4.79 Å². The number of nitrogens with two attached hydrogens (primary N) is 1. The summed E-state index contributed by atoms with van der Waals surface area (Å²) in [5.74, 6) is 2.96. The number of rotatable bonds is 4. The number of thioether (sulfide) groups is 1. The zero-order chi connectivity index (χ0) is 20.1. The van der Waals surface area contributed by atoms with E-state index < -0.39 is 0 Å². The number of pyridine rings is 1. The van der Waals surface area contributed by atoms with Gasteiger partial charge in [0.2, 0.25) is 0 Å². The highest BCUT2D eigenvalue weighted by Gasteiger charge is 2.25. The first-order valence-electron chi connectivity index (χ1n) is 8.22. The molecule has 0 saturated heterocycles. The fourth-order valence-corrected chi connectivity index (χ4v) is 3.25. The molecule has 0 aliphatic heterocycles. The Hall–Kier alpha value is -3.08. The number of hydrogen-bond acceptors (Lipinski definition) is 5. The highest BCUT2D eigenvalue weighted by atomic mass is 35.5.